The standard InChI is InChI=1S/C20H18FN3O5S2/c21-15-4-6-16(7-5-15)31(28,29)24-17(19(26)27)11-13-2-1-3-14(10-13)12-30-20-22-9-8-18(25)23-20/h1-10,17,24H,11-12H2,(H,26,27)(H,22,23,25). The summed E-state index contributed by atoms with van der Waals surface area (Å²) in [6, 6.07) is 11.0. The number of hydrogen-bond donors (Lipinski definition) is 3. The van der Waals surface area contributed by atoms with E-state index in [0.717, 1.165) is 29.8 Å². The van der Waals surface area contributed by atoms with Gasteiger partial charge in [-0.05, 0) is 41.8 Å². The molecule has 1 atom stereocenters. The molecule has 162 valence electrons. The summed E-state index contributed by atoms with van der Waals surface area (Å²) in [4.78, 5) is 29.4. The monoisotopic (exact) mass is 463 g/mol. The van der Waals surface area contributed by atoms with Crippen molar-refractivity contribution in [2.75, 3.05) is 0 Å². The van der Waals surface area contributed by atoms with Crippen LogP contribution < -0.4 is 10.3 Å². The van der Waals surface area contributed by atoms with Crippen molar-refractivity contribution >= 4 is 27.8 Å². The van der Waals surface area contributed by atoms with Crippen LogP contribution in [0.1, 0.15) is 11.1 Å². The lowest BCUT2D eigenvalue weighted by Gasteiger charge is -2.15. The van der Waals surface area contributed by atoms with E-state index in [0.29, 0.717) is 16.5 Å². The number of halogens is 1. The SMILES string of the molecule is O=C(O)C(Cc1cccc(CSc2nccc(=O)[nH]2)c1)NS(=O)(=O)c1ccc(F)cc1. The second-order valence-corrected chi connectivity index (χ2v) is 9.20. The van der Waals surface area contributed by atoms with Gasteiger partial charge in [0.25, 0.3) is 5.56 Å². The Morgan fingerprint density at radius 1 is 1.16 bits per heavy atom. The zero-order valence-electron chi connectivity index (χ0n) is 16.0. The Morgan fingerprint density at radius 3 is 2.55 bits per heavy atom. The third-order valence-electron chi connectivity index (χ3n) is 4.17. The predicted molar refractivity (Wildman–Crippen MR) is 113 cm³/mol. The smallest absolute Gasteiger partial charge is 0.322 e. The molecule has 2 aromatic carbocycles. The number of benzene rings is 2. The molecule has 0 aliphatic heterocycles. The van der Waals surface area contributed by atoms with Crippen molar-refractivity contribution in [3.8, 4) is 0 Å². The van der Waals surface area contributed by atoms with Gasteiger partial charge in [0.15, 0.2) is 5.16 Å². The Hall–Kier alpha value is -3.02. The van der Waals surface area contributed by atoms with Crippen molar-refractivity contribution in [1.29, 1.82) is 0 Å². The van der Waals surface area contributed by atoms with Gasteiger partial charge in [-0.2, -0.15) is 4.72 Å². The number of carboxylic acids is 1. The molecule has 1 heterocycles. The maximum Gasteiger partial charge on any atom is 0.322 e. The van der Waals surface area contributed by atoms with Crippen molar-refractivity contribution < 1.29 is 22.7 Å². The van der Waals surface area contributed by atoms with Gasteiger partial charge in [-0.3, -0.25) is 9.59 Å². The molecule has 1 unspecified atom stereocenters. The zero-order chi connectivity index (χ0) is 22.4. The number of H-pyrrole nitrogens is 1. The maximum atomic E-state index is 13.0. The number of carbonyl (C=O) groups is 1. The summed E-state index contributed by atoms with van der Waals surface area (Å²) in [5.41, 5.74) is 1.20. The van der Waals surface area contributed by atoms with E-state index in [-0.39, 0.29) is 16.9 Å². The fourth-order valence-corrected chi connectivity index (χ4v) is 4.69. The summed E-state index contributed by atoms with van der Waals surface area (Å²) < 4.78 is 40.1. The van der Waals surface area contributed by atoms with Crippen molar-refractivity contribution in [1.82, 2.24) is 14.7 Å². The Balaban J connectivity index is 1.71. The second kappa shape index (κ2) is 9.86. The van der Waals surface area contributed by atoms with Gasteiger partial charge in [-0.25, -0.2) is 17.8 Å². The van der Waals surface area contributed by atoms with Crippen LogP contribution in [0.4, 0.5) is 4.39 Å². The molecule has 0 aliphatic rings. The average Bonchev–Trinajstić information content (AvgIpc) is 2.72. The van der Waals surface area contributed by atoms with Crippen molar-refractivity contribution in [3.05, 3.63) is 88.1 Å². The number of rotatable bonds is 9. The molecule has 0 spiro atoms. The number of aliphatic carboxylic acids is 1. The van der Waals surface area contributed by atoms with Gasteiger partial charge in [-0.15, -0.1) is 0 Å². The molecule has 1 aromatic heterocycles. The van der Waals surface area contributed by atoms with Crippen LogP contribution >= 0.6 is 11.8 Å². The number of nitrogens with one attached hydrogen (secondary N) is 2. The van der Waals surface area contributed by atoms with Gasteiger partial charge >= 0.3 is 5.97 Å². The Labute approximate surface area is 181 Å². The number of sulfonamides is 1. The van der Waals surface area contributed by atoms with E-state index in [4.69, 9.17) is 0 Å². The molecule has 11 heteroatoms. The molecule has 0 aliphatic carbocycles. The van der Waals surface area contributed by atoms with E-state index in [2.05, 4.69) is 14.7 Å². The van der Waals surface area contributed by atoms with Crippen LogP contribution in [0.15, 0.2) is 75.6 Å². The normalized spacial score (nSPS) is 12.4. The zero-order valence-corrected chi connectivity index (χ0v) is 17.6. The highest BCUT2D eigenvalue weighted by molar-refractivity contribution is 7.98. The first kappa shape index (κ1) is 22.7. The number of aromatic amines is 1. The molecule has 0 amide bonds. The van der Waals surface area contributed by atoms with Gasteiger partial charge in [-0.1, -0.05) is 36.0 Å². The van der Waals surface area contributed by atoms with Gasteiger partial charge in [0.1, 0.15) is 11.9 Å². The molecular formula is C20H18FN3O5S2. The van der Waals surface area contributed by atoms with Crippen LogP contribution in [-0.2, 0) is 27.0 Å². The molecule has 3 N–H and O–H groups in total. The molecular weight excluding hydrogens is 445 g/mol. The predicted octanol–water partition coefficient (Wildman–Crippen LogP) is 2.18. The fourth-order valence-electron chi connectivity index (χ4n) is 2.71. The third kappa shape index (κ3) is 6.48. The van der Waals surface area contributed by atoms with Gasteiger partial charge < -0.3 is 10.1 Å². The minimum absolute atomic E-state index is 0.0886. The van der Waals surface area contributed by atoms with Crippen molar-refractivity contribution in [3.63, 3.8) is 0 Å². The average molecular weight is 464 g/mol. The first-order valence-electron chi connectivity index (χ1n) is 8.99. The van der Waals surface area contributed by atoms with Crippen LogP contribution in [0.25, 0.3) is 0 Å². The van der Waals surface area contributed by atoms with Crippen molar-refractivity contribution in [2.45, 2.75) is 28.3 Å². The topological polar surface area (TPSA) is 129 Å². The lowest BCUT2D eigenvalue weighted by molar-refractivity contribution is -0.138. The summed E-state index contributed by atoms with van der Waals surface area (Å²) in [5.74, 6) is -1.46. The van der Waals surface area contributed by atoms with Crippen LogP contribution in [0.2, 0.25) is 0 Å². The molecule has 0 saturated heterocycles. The fraction of sp³-hybridized carbons (Fsp3) is 0.150. The van der Waals surface area contributed by atoms with Crippen LogP contribution in [0, 0.1) is 5.82 Å². The first-order chi connectivity index (χ1) is 14.7. The lowest BCUT2D eigenvalue weighted by Crippen LogP contribution is -2.42. The summed E-state index contributed by atoms with van der Waals surface area (Å²) in [5, 5.41) is 9.96. The number of hydrogen-bond acceptors (Lipinski definition) is 6. The highest BCUT2D eigenvalue weighted by atomic mass is 32.2. The Bertz CT molecular complexity index is 1230. The van der Waals surface area contributed by atoms with E-state index in [1.54, 1.807) is 18.2 Å². The summed E-state index contributed by atoms with van der Waals surface area (Å²) in [6.45, 7) is 0. The highest BCUT2D eigenvalue weighted by Gasteiger charge is 2.25. The molecule has 3 rings (SSSR count). The first-order valence-corrected chi connectivity index (χ1v) is 11.5. The number of nitrogens with zero attached hydrogens (tertiary/aromatic N) is 1. The summed E-state index contributed by atoms with van der Waals surface area (Å²) in [6.07, 6.45) is 1.32. The van der Waals surface area contributed by atoms with E-state index < -0.39 is 27.9 Å². The molecule has 8 nitrogen and oxygen atoms in total. The second-order valence-electron chi connectivity index (χ2n) is 6.52. The van der Waals surface area contributed by atoms with Gasteiger partial charge in [0.05, 0.1) is 4.90 Å². The lowest BCUT2D eigenvalue weighted by atomic mass is 10.0. The number of carboxylic acid groups (broad SMARTS) is 1. The maximum absolute atomic E-state index is 13.0. The van der Waals surface area contributed by atoms with E-state index in [1.165, 1.54) is 24.0 Å². The highest BCUT2D eigenvalue weighted by Crippen LogP contribution is 2.19. The van der Waals surface area contributed by atoms with E-state index in [9.17, 15) is 27.5 Å². The molecule has 3 aromatic rings. The summed E-state index contributed by atoms with van der Waals surface area (Å²) >= 11 is 1.30. The molecule has 31 heavy (non-hydrogen) atoms. The van der Waals surface area contributed by atoms with E-state index >= 15 is 0 Å². The van der Waals surface area contributed by atoms with Crippen LogP contribution in [0.5, 0.6) is 0 Å². The number of aromatic nitrogens is 2. The molecule has 0 saturated carbocycles. The minimum Gasteiger partial charge on any atom is -0.480 e. The Morgan fingerprint density at radius 2 is 1.87 bits per heavy atom. The minimum atomic E-state index is -4.15. The quantitative estimate of drug-likeness (QED) is 0.328. The van der Waals surface area contributed by atoms with E-state index in [1.807, 2.05) is 6.07 Å². The Kier molecular flexibility index (Phi) is 7.21. The molecule has 0 radical (unpaired) electrons. The van der Waals surface area contributed by atoms with Crippen LogP contribution in [0.3, 0.4) is 0 Å². The summed E-state index contributed by atoms with van der Waals surface area (Å²) in [7, 11) is -4.15. The van der Waals surface area contributed by atoms with Gasteiger partial charge in [0.2, 0.25) is 10.0 Å². The van der Waals surface area contributed by atoms with Gasteiger partial charge in [0, 0.05) is 18.0 Å². The van der Waals surface area contributed by atoms with Crippen LogP contribution in [-0.4, -0.2) is 35.5 Å². The molecule has 0 bridgehead atoms. The largest absolute Gasteiger partial charge is 0.480 e. The third-order valence-corrected chi connectivity index (χ3v) is 6.62. The van der Waals surface area contributed by atoms with Crippen molar-refractivity contribution in [2.24, 2.45) is 0 Å². The molecule has 0 fully saturated rings. The number of thioether (sulfide) groups is 1.